The molecular weight excluding hydrogens is 714 g/mol. The number of hydrogen-bond acceptors (Lipinski definition) is 6. The van der Waals surface area contributed by atoms with E-state index in [4.69, 9.17) is 28.3 Å². The maximum absolute atomic E-state index is 15.3. The topological polar surface area (TPSA) is 132 Å². The zero-order chi connectivity index (χ0) is 36.2. The Kier molecular flexibility index (Phi) is 7.79. The number of aromatic hydroxyl groups is 1. The summed E-state index contributed by atoms with van der Waals surface area (Å²) in [6, 6.07) is 9.25. The summed E-state index contributed by atoms with van der Waals surface area (Å²) in [5.41, 5.74) is -1.80. The number of carbonyl (C=O) groups excluding carboxylic acids is 4. The monoisotopic (exact) mass is 736 g/mol. The fourth-order valence-electron chi connectivity index (χ4n) is 8.15. The summed E-state index contributed by atoms with van der Waals surface area (Å²) in [6.45, 7) is -0.233. The number of phenols is 1. The lowest BCUT2D eigenvalue weighted by molar-refractivity contribution is -0.142. The third-order valence-electron chi connectivity index (χ3n) is 10.3. The van der Waals surface area contributed by atoms with Crippen LogP contribution in [0.25, 0.3) is 10.8 Å². The van der Waals surface area contributed by atoms with E-state index < -0.39 is 110 Å². The summed E-state index contributed by atoms with van der Waals surface area (Å²) in [6.07, 6.45) is 0.322. The molecule has 2 N–H and O–H groups in total. The van der Waals surface area contributed by atoms with Gasteiger partial charge < -0.3 is 10.2 Å². The highest BCUT2D eigenvalue weighted by Gasteiger charge is 2.77. The van der Waals surface area contributed by atoms with Gasteiger partial charge in [-0.15, -0.1) is 23.2 Å². The van der Waals surface area contributed by atoms with Gasteiger partial charge in [-0.25, -0.2) is 26.9 Å². The van der Waals surface area contributed by atoms with Crippen LogP contribution in [0, 0.1) is 46.8 Å². The molecule has 0 radical (unpaired) electrons. The van der Waals surface area contributed by atoms with Crippen molar-refractivity contribution >= 4 is 69.3 Å². The van der Waals surface area contributed by atoms with Crippen molar-refractivity contribution in [3.63, 3.8) is 0 Å². The van der Waals surface area contributed by atoms with E-state index in [1.54, 1.807) is 24.3 Å². The Balaban J connectivity index is 1.46. The number of rotatable bonds is 6. The minimum Gasteiger partial charge on any atom is -0.508 e. The fraction of sp³-hybridized carbons (Fsp3) is 0.324. The standard InChI is InChI=1S/C34H23Cl2F5N2O7/c35-33-12-17-15(8-9-16-20(17)30(48)42(29(16)47)11-3-6-19(45)46)22(21-14-5-2-1-4-13(14)7-10-18(21)44)34(33,36)32(50)43(31(33)49)28-26(40)24(38)23(37)25(39)27(28)41/h1-2,4-5,7-8,10,16-17,20,22,44H,3,6,9,11-12H2,(H,45,46). The Morgan fingerprint density at radius 3 is 2.16 bits per heavy atom. The van der Waals surface area contributed by atoms with E-state index in [2.05, 4.69) is 0 Å². The Labute approximate surface area is 288 Å². The number of carboxylic acid groups (broad SMARTS) is 1. The number of aliphatic carboxylic acids is 1. The molecule has 3 aromatic rings. The Hall–Kier alpha value is -4.56. The molecule has 0 aromatic heterocycles. The van der Waals surface area contributed by atoms with Gasteiger partial charge in [0.05, 0.1) is 11.8 Å². The second-order valence-electron chi connectivity index (χ2n) is 12.7. The number of phenolic OH excluding ortho intramolecular Hbond substituents is 1. The number of likely N-dealkylation sites (tertiary alicyclic amines) is 1. The van der Waals surface area contributed by atoms with Crippen LogP contribution in [-0.2, 0) is 24.0 Å². The molecule has 2 aliphatic heterocycles. The number of halogens is 7. The number of anilines is 1. The highest BCUT2D eigenvalue weighted by molar-refractivity contribution is 6.58. The number of nitrogens with zero attached hydrogens (tertiary/aromatic N) is 2. The van der Waals surface area contributed by atoms with Gasteiger partial charge in [-0.3, -0.25) is 28.9 Å². The first-order chi connectivity index (χ1) is 23.6. The van der Waals surface area contributed by atoms with E-state index in [0.717, 1.165) is 4.90 Å². The van der Waals surface area contributed by atoms with E-state index in [1.165, 1.54) is 18.2 Å². The van der Waals surface area contributed by atoms with Gasteiger partial charge in [-0.2, -0.15) is 0 Å². The quantitative estimate of drug-likeness (QED) is 0.0833. The second-order valence-corrected chi connectivity index (χ2v) is 14.0. The Morgan fingerprint density at radius 2 is 1.50 bits per heavy atom. The van der Waals surface area contributed by atoms with Crippen molar-refractivity contribution in [2.75, 3.05) is 11.4 Å². The maximum atomic E-state index is 15.3. The van der Waals surface area contributed by atoms with Crippen LogP contribution in [0.1, 0.15) is 37.2 Å². The predicted octanol–water partition coefficient (Wildman–Crippen LogP) is 5.67. The molecule has 3 aromatic carbocycles. The highest BCUT2D eigenvalue weighted by Crippen LogP contribution is 2.67. The molecule has 1 saturated carbocycles. The molecule has 6 unspecified atom stereocenters. The SMILES string of the molecule is O=C(O)CCCN1C(=O)C2CC=C3C(CC4(Cl)C(=O)N(c5c(F)c(F)c(F)c(F)c5F)C(=O)C4(Cl)C3c3c(O)ccc4ccccc34)C2C1=O. The van der Waals surface area contributed by atoms with Gasteiger partial charge >= 0.3 is 5.97 Å². The van der Waals surface area contributed by atoms with Gasteiger partial charge in [0.1, 0.15) is 11.4 Å². The van der Waals surface area contributed by atoms with Gasteiger partial charge in [0.2, 0.25) is 17.6 Å². The van der Waals surface area contributed by atoms with Crippen LogP contribution in [0.3, 0.4) is 0 Å². The first-order valence-corrected chi connectivity index (χ1v) is 16.1. The third-order valence-corrected chi connectivity index (χ3v) is 11.7. The van der Waals surface area contributed by atoms with Crippen LogP contribution < -0.4 is 4.90 Å². The molecule has 7 rings (SSSR count). The molecule has 6 atom stereocenters. The van der Waals surface area contributed by atoms with Gasteiger partial charge in [-0.1, -0.05) is 42.0 Å². The minimum absolute atomic E-state index is 0.0577. The summed E-state index contributed by atoms with van der Waals surface area (Å²) in [5, 5.41) is 21.2. The number of hydrogen-bond donors (Lipinski definition) is 2. The first kappa shape index (κ1) is 33.9. The van der Waals surface area contributed by atoms with Crippen LogP contribution in [0.2, 0.25) is 0 Å². The lowest BCUT2D eigenvalue weighted by Crippen LogP contribution is -2.60. The molecule has 2 aliphatic carbocycles. The normalized spacial score (nSPS) is 29.0. The molecule has 16 heteroatoms. The number of carbonyl (C=O) groups is 5. The fourth-order valence-corrected chi connectivity index (χ4v) is 9.06. The molecule has 9 nitrogen and oxygen atoms in total. The largest absolute Gasteiger partial charge is 0.508 e. The van der Waals surface area contributed by atoms with Crippen LogP contribution in [-0.4, -0.2) is 61.0 Å². The number of amides is 4. The van der Waals surface area contributed by atoms with Crippen molar-refractivity contribution in [3.05, 3.63) is 82.7 Å². The molecule has 4 amide bonds. The van der Waals surface area contributed by atoms with Crippen molar-refractivity contribution in [1.29, 1.82) is 0 Å². The smallest absolute Gasteiger partial charge is 0.303 e. The molecule has 260 valence electrons. The average Bonchev–Trinajstić information content (AvgIpc) is 3.41. The molecule has 4 aliphatic rings. The van der Waals surface area contributed by atoms with Crippen molar-refractivity contribution in [1.82, 2.24) is 4.90 Å². The van der Waals surface area contributed by atoms with E-state index >= 15 is 8.78 Å². The first-order valence-electron chi connectivity index (χ1n) is 15.3. The van der Waals surface area contributed by atoms with Crippen molar-refractivity contribution in [2.45, 2.75) is 41.3 Å². The van der Waals surface area contributed by atoms with Crippen molar-refractivity contribution < 1.29 is 56.1 Å². The molecule has 50 heavy (non-hydrogen) atoms. The highest BCUT2D eigenvalue weighted by atomic mass is 35.5. The Morgan fingerprint density at radius 1 is 0.860 bits per heavy atom. The lowest BCUT2D eigenvalue weighted by Gasteiger charge is -2.51. The van der Waals surface area contributed by atoms with Crippen molar-refractivity contribution in [2.24, 2.45) is 17.8 Å². The minimum atomic E-state index is -2.80. The molecule has 0 spiro atoms. The molecule has 2 heterocycles. The van der Waals surface area contributed by atoms with Crippen LogP contribution in [0.4, 0.5) is 27.6 Å². The summed E-state index contributed by atoms with van der Waals surface area (Å²) >= 11 is 14.3. The number of allylic oxidation sites excluding steroid dienone is 2. The van der Waals surface area contributed by atoms with Crippen LogP contribution in [0.5, 0.6) is 5.75 Å². The van der Waals surface area contributed by atoms with Crippen molar-refractivity contribution in [3.8, 4) is 5.75 Å². The van der Waals surface area contributed by atoms with Crippen LogP contribution in [0.15, 0.2) is 48.0 Å². The predicted molar refractivity (Wildman–Crippen MR) is 166 cm³/mol. The molecule has 0 bridgehead atoms. The molecule has 2 saturated heterocycles. The van der Waals surface area contributed by atoms with Gasteiger partial charge in [0.15, 0.2) is 33.0 Å². The number of fused-ring (bicyclic) bond motifs is 5. The lowest BCUT2D eigenvalue weighted by atomic mass is 9.56. The summed E-state index contributed by atoms with van der Waals surface area (Å²) in [5.74, 6) is -23.7. The zero-order valence-corrected chi connectivity index (χ0v) is 26.9. The van der Waals surface area contributed by atoms with E-state index in [9.17, 15) is 42.3 Å². The number of benzene rings is 3. The van der Waals surface area contributed by atoms with Gasteiger partial charge in [0, 0.05) is 24.4 Å². The summed E-state index contributed by atoms with van der Waals surface area (Å²) in [7, 11) is 0. The molecular formula is C34H23Cl2F5N2O7. The average molecular weight is 737 g/mol. The van der Waals surface area contributed by atoms with E-state index in [0.29, 0.717) is 10.8 Å². The summed E-state index contributed by atoms with van der Waals surface area (Å²) < 4.78 is 73.5. The maximum Gasteiger partial charge on any atom is 0.303 e. The number of carboxylic acids is 1. The zero-order valence-electron chi connectivity index (χ0n) is 25.4. The molecule has 3 fully saturated rings. The number of alkyl halides is 2. The van der Waals surface area contributed by atoms with Crippen LogP contribution >= 0.6 is 23.2 Å². The third kappa shape index (κ3) is 4.33. The van der Waals surface area contributed by atoms with E-state index in [1.807, 2.05) is 0 Å². The van der Waals surface area contributed by atoms with Gasteiger partial charge in [-0.05, 0) is 42.0 Å². The van der Waals surface area contributed by atoms with E-state index in [-0.39, 0.29) is 41.8 Å². The number of imide groups is 2. The second kappa shape index (κ2) is 11.5. The van der Waals surface area contributed by atoms with Gasteiger partial charge in [0.25, 0.3) is 11.8 Å². The Bertz CT molecular complexity index is 2100. The summed E-state index contributed by atoms with van der Waals surface area (Å²) in [4.78, 5) is 62.4.